The lowest BCUT2D eigenvalue weighted by Gasteiger charge is -2.26. The predicted octanol–water partition coefficient (Wildman–Crippen LogP) is 0.0711. The highest BCUT2D eigenvalue weighted by atomic mass is 16.5. The molecule has 1 saturated heterocycles. The average molecular weight is 237 g/mol. The summed E-state index contributed by atoms with van der Waals surface area (Å²) in [6.07, 6.45) is 1.73. The molecule has 0 saturated carbocycles. The average Bonchev–Trinajstić information content (AvgIpc) is 2.33. The number of morpholine rings is 1. The standard InChI is InChI=1S/C12H19N3O2/c1-10-8-12(16)15(9-11(10)13)3-2-14-4-6-17-7-5-14/h8-9H,2-7,13H2,1H3. The summed E-state index contributed by atoms with van der Waals surface area (Å²) in [5, 5.41) is 0. The van der Waals surface area contributed by atoms with Gasteiger partial charge in [0.15, 0.2) is 0 Å². The maximum absolute atomic E-state index is 11.7. The van der Waals surface area contributed by atoms with Crippen LogP contribution < -0.4 is 11.3 Å². The van der Waals surface area contributed by atoms with Crippen molar-refractivity contribution in [1.29, 1.82) is 0 Å². The summed E-state index contributed by atoms with van der Waals surface area (Å²) in [5.74, 6) is 0. The fraction of sp³-hybridized carbons (Fsp3) is 0.583. The Morgan fingerprint density at radius 2 is 2.06 bits per heavy atom. The molecular weight excluding hydrogens is 218 g/mol. The van der Waals surface area contributed by atoms with Crippen LogP contribution in [0.25, 0.3) is 0 Å². The van der Waals surface area contributed by atoms with Gasteiger partial charge in [0, 0.05) is 38.4 Å². The zero-order valence-electron chi connectivity index (χ0n) is 10.2. The van der Waals surface area contributed by atoms with Gasteiger partial charge in [-0.3, -0.25) is 9.69 Å². The van der Waals surface area contributed by atoms with E-state index >= 15 is 0 Å². The molecule has 0 spiro atoms. The van der Waals surface area contributed by atoms with E-state index in [9.17, 15) is 4.79 Å². The van der Waals surface area contributed by atoms with E-state index in [4.69, 9.17) is 10.5 Å². The first kappa shape index (κ1) is 12.1. The summed E-state index contributed by atoms with van der Waals surface area (Å²) in [7, 11) is 0. The number of pyridine rings is 1. The van der Waals surface area contributed by atoms with Crippen molar-refractivity contribution >= 4 is 5.69 Å². The van der Waals surface area contributed by atoms with Gasteiger partial charge >= 0.3 is 0 Å². The summed E-state index contributed by atoms with van der Waals surface area (Å²) in [6, 6.07) is 1.59. The van der Waals surface area contributed by atoms with Crippen LogP contribution in [0, 0.1) is 6.92 Å². The number of nitrogen functional groups attached to an aromatic ring is 1. The number of ether oxygens (including phenoxy) is 1. The monoisotopic (exact) mass is 237 g/mol. The SMILES string of the molecule is Cc1cc(=O)n(CCN2CCOCC2)cc1N. The molecule has 0 aromatic carbocycles. The van der Waals surface area contributed by atoms with Crippen LogP contribution in [-0.2, 0) is 11.3 Å². The van der Waals surface area contributed by atoms with E-state index in [1.807, 2.05) is 6.92 Å². The molecule has 1 aromatic heterocycles. The van der Waals surface area contributed by atoms with Crippen LogP contribution in [0.5, 0.6) is 0 Å². The highest BCUT2D eigenvalue weighted by molar-refractivity contribution is 5.42. The first-order valence-electron chi connectivity index (χ1n) is 5.93. The van der Waals surface area contributed by atoms with Crippen LogP contribution in [0.1, 0.15) is 5.56 Å². The molecule has 0 bridgehead atoms. The quantitative estimate of drug-likeness (QED) is 0.808. The molecular formula is C12H19N3O2. The van der Waals surface area contributed by atoms with E-state index in [1.54, 1.807) is 16.8 Å². The zero-order chi connectivity index (χ0) is 12.3. The van der Waals surface area contributed by atoms with Crippen molar-refractivity contribution in [1.82, 2.24) is 9.47 Å². The second-order valence-electron chi connectivity index (χ2n) is 4.40. The second-order valence-corrected chi connectivity index (χ2v) is 4.40. The van der Waals surface area contributed by atoms with Gasteiger partial charge in [0.05, 0.1) is 18.9 Å². The smallest absolute Gasteiger partial charge is 0.250 e. The van der Waals surface area contributed by atoms with Gasteiger partial charge in [-0.2, -0.15) is 0 Å². The van der Waals surface area contributed by atoms with Crippen LogP contribution >= 0.6 is 0 Å². The lowest BCUT2D eigenvalue weighted by molar-refractivity contribution is 0.0363. The van der Waals surface area contributed by atoms with Gasteiger partial charge in [0.25, 0.3) is 5.56 Å². The Morgan fingerprint density at radius 3 is 2.76 bits per heavy atom. The third kappa shape index (κ3) is 3.08. The Hall–Kier alpha value is -1.33. The van der Waals surface area contributed by atoms with Crippen molar-refractivity contribution in [3.63, 3.8) is 0 Å². The second kappa shape index (κ2) is 5.33. The number of hydrogen-bond acceptors (Lipinski definition) is 4. The van der Waals surface area contributed by atoms with E-state index < -0.39 is 0 Å². The largest absolute Gasteiger partial charge is 0.397 e. The number of aromatic nitrogens is 1. The van der Waals surface area contributed by atoms with Crippen molar-refractivity contribution in [2.75, 3.05) is 38.6 Å². The number of anilines is 1. The summed E-state index contributed by atoms with van der Waals surface area (Å²) in [5.41, 5.74) is 7.34. The Morgan fingerprint density at radius 1 is 1.35 bits per heavy atom. The molecule has 0 aliphatic carbocycles. The molecule has 2 N–H and O–H groups in total. The van der Waals surface area contributed by atoms with Gasteiger partial charge in [0.2, 0.25) is 0 Å². The van der Waals surface area contributed by atoms with Crippen LogP contribution in [0.15, 0.2) is 17.1 Å². The molecule has 0 amide bonds. The molecule has 5 nitrogen and oxygen atoms in total. The minimum Gasteiger partial charge on any atom is -0.397 e. The number of aryl methyl sites for hydroxylation is 1. The molecule has 1 aliphatic rings. The van der Waals surface area contributed by atoms with E-state index in [0.29, 0.717) is 12.2 Å². The first-order valence-corrected chi connectivity index (χ1v) is 5.93. The van der Waals surface area contributed by atoms with E-state index in [-0.39, 0.29) is 5.56 Å². The van der Waals surface area contributed by atoms with Gasteiger partial charge in [-0.15, -0.1) is 0 Å². The van der Waals surface area contributed by atoms with Gasteiger partial charge in [-0.05, 0) is 12.5 Å². The lowest BCUT2D eigenvalue weighted by Crippen LogP contribution is -2.39. The molecule has 17 heavy (non-hydrogen) atoms. The van der Waals surface area contributed by atoms with Crippen molar-refractivity contribution < 1.29 is 4.74 Å². The zero-order valence-corrected chi connectivity index (χ0v) is 10.2. The van der Waals surface area contributed by atoms with Crippen LogP contribution in [0.2, 0.25) is 0 Å². The highest BCUT2D eigenvalue weighted by Crippen LogP contribution is 2.05. The molecule has 0 unspecified atom stereocenters. The molecule has 94 valence electrons. The molecule has 0 atom stereocenters. The predicted molar refractivity (Wildman–Crippen MR) is 67.1 cm³/mol. The molecule has 1 aliphatic heterocycles. The lowest BCUT2D eigenvalue weighted by atomic mass is 10.2. The fourth-order valence-corrected chi connectivity index (χ4v) is 1.93. The summed E-state index contributed by atoms with van der Waals surface area (Å²) in [6.45, 7) is 6.85. The van der Waals surface area contributed by atoms with Crippen LogP contribution in [0.3, 0.4) is 0 Å². The highest BCUT2D eigenvalue weighted by Gasteiger charge is 2.10. The number of nitrogens with zero attached hydrogens (tertiary/aromatic N) is 2. The molecule has 2 rings (SSSR count). The Labute approximate surface area is 101 Å². The minimum absolute atomic E-state index is 0.0185. The van der Waals surface area contributed by atoms with Crippen molar-refractivity contribution in [2.45, 2.75) is 13.5 Å². The first-order chi connectivity index (χ1) is 8.16. The van der Waals surface area contributed by atoms with Crippen molar-refractivity contribution in [2.24, 2.45) is 0 Å². The van der Waals surface area contributed by atoms with Gasteiger partial charge < -0.3 is 15.0 Å². The van der Waals surface area contributed by atoms with Crippen molar-refractivity contribution in [3.05, 3.63) is 28.2 Å². The van der Waals surface area contributed by atoms with Gasteiger partial charge in [0.1, 0.15) is 0 Å². The van der Waals surface area contributed by atoms with Crippen molar-refractivity contribution in [3.8, 4) is 0 Å². The topological polar surface area (TPSA) is 60.5 Å². The summed E-state index contributed by atoms with van der Waals surface area (Å²) in [4.78, 5) is 14.0. The minimum atomic E-state index is 0.0185. The molecule has 2 heterocycles. The van der Waals surface area contributed by atoms with Gasteiger partial charge in [-0.1, -0.05) is 0 Å². The van der Waals surface area contributed by atoms with Crippen LogP contribution in [0.4, 0.5) is 5.69 Å². The van der Waals surface area contributed by atoms with E-state index in [0.717, 1.165) is 38.4 Å². The maximum Gasteiger partial charge on any atom is 0.250 e. The third-order valence-corrected chi connectivity index (χ3v) is 3.13. The van der Waals surface area contributed by atoms with Crippen LogP contribution in [-0.4, -0.2) is 42.3 Å². The Bertz CT molecular complexity index is 436. The molecule has 0 radical (unpaired) electrons. The van der Waals surface area contributed by atoms with E-state index in [2.05, 4.69) is 4.90 Å². The van der Waals surface area contributed by atoms with E-state index in [1.165, 1.54) is 0 Å². The molecule has 5 heteroatoms. The fourth-order valence-electron chi connectivity index (χ4n) is 1.93. The Balaban J connectivity index is 1.98. The normalized spacial score (nSPS) is 17.2. The number of nitrogens with two attached hydrogens (primary N) is 1. The third-order valence-electron chi connectivity index (χ3n) is 3.13. The maximum atomic E-state index is 11.7. The van der Waals surface area contributed by atoms with Gasteiger partial charge in [-0.25, -0.2) is 0 Å². The number of hydrogen-bond donors (Lipinski definition) is 1. The summed E-state index contributed by atoms with van der Waals surface area (Å²) < 4.78 is 6.96. The molecule has 1 fully saturated rings. The Kier molecular flexibility index (Phi) is 3.81. The summed E-state index contributed by atoms with van der Waals surface area (Å²) >= 11 is 0. The molecule has 1 aromatic rings. The number of rotatable bonds is 3.